The minimum atomic E-state index is -2.22. The molecular formula is C7H11FO2. The molecular weight excluding hydrogens is 135 g/mol. The largest absolute Gasteiger partial charge is 0.396 e. The fourth-order valence-corrected chi connectivity index (χ4v) is 1.27. The number of aliphatic hydroxyl groups is 2. The van der Waals surface area contributed by atoms with Gasteiger partial charge < -0.3 is 10.2 Å². The van der Waals surface area contributed by atoms with Crippen molar-refractivity contribution in [2.75, 3.05) is 6.61 Å². The highest BCUT2D eigenvalue weighted by Crippen LogP contribution is 2.39. The molecule has 1 rings (SSSR count). The zero-order valence-electron chi connectivity index (χ0n) is 5.68. The van der Waals surface area contributed by atoms with Gasteiger partial charge in [0.2, 0.25) is 5.85 Å². The van der Waals surface area contributed by atoms with Crippen molar-refractivity contribution in [2.24, 2.45) is 5.92 Å². The van der Waals surface area contributed by atoms with Crippen LogP contribution in [-0.4, -0.2) is 22.7 Å². The maximum atomic E-state index is 12.9. The highest BCUT2D eigenvalue weighted by molar-refractivity contribution is 5.12. The van der Waals surface area contributed by atoms with Crippen LogP contribution in [0.25, 0.3) is 0 Å². The van der Waals surface area contributed by atoms with Gasteiger partial charge in [0, 0.05) is 6.42 Å². The molecule has 0 aromatic rings. The molecule has 2 unspecified atom stereocenters. The minimum absolute atomic E-state index is 0.0665. The van der Waals surface area contributed by atoms with Crippen LogP contribution in [0.1, 0.15) is 12.8 Å². The van der Waals surface area contributed by atoms with Gasteiger partial charge in [0.1, 0.15) is 0 Å². The predicted octanol–water partition coefficient (Wildman–Crippen LogP) is 0.603. The number of rotatable bonds is 1. The maximum absolute atomic E-state index is 12.9. The number of hydrogen-bond acceptors (Lipinski definition) is 2. The van der Waals surface area contributed by atoms with E-state index < -0.39 is 11.8 Å². The predicted molar refractivity (Wildman–Crippen MR) is 35.0 cm³/mol. The van der Waals surface area contributed by atoms with Crippen LogP contribution in [-0.2, 0) is 0 Å². The molecule has 0 radical (unpaired) electrons. The Balaban J connectivity index is 2.73. The molecule has 0 bridgehead atoms. The van der Waals surface area contributed by atoms with Gasteiger partial charge in [-0.2, -0.15) is 0 Å². The fraction of sp³-hybridized carbons (Fsp3) is 0.714. The molecule has 3 heteroatoms. The van der Waals surface area contributed by atoms with Gasteiger partial charge in [0.05, 0.1) is 12.5 Å². The topological polar surface area (TPSA) is 40.5 Å². The average Bonchev–Trinajstić information content (AvgIpc) is 2.07. The number of aliphatic hydroxyl groups excluding tert-OH is 1. The summed E-state index contributed by atoms with van der Waals surface area (Å²) < 4.78 is 12.9. The molecule has 2 nitrogen and oxygen atoms in total. The van der Waals surface area contributed by atoms with Crippen molar-refractivity contribution in [1.82, 2.24) is 0 Å². The Morgan fingerprint density at radius 1 is 1.80 bits per heavy atom. The molecule has 0 aromatic heterocycles. The summed E-state index contributed by atoms with van der Waals surface area (Å²) in [6.45, 7) is 3.19. The lowest BCUT2D eigenvalue weighted by atomic mass is 10.0. The Labute approximate surface area is 59.0 Å². The fourth-order valence-electron chi connectivity index (χ4n) is 1.27. The lowest BCUT2D eigenvalue weighted by molar-refractivity contribution is -0.122. The van der Waals surface area contributed by atoms with Gasteiger partial charge in [-0.15, -0.1) is 0 Å². The SMILES string of the molecule is C=C1CCC(O)(F)C1CO. The van der Waals surface area contributed by atoms with Gasteiger partial charge in [-0.05, 0) is 6.42 Å². The van der Waals surface area contributed by atoms with E-state index in [9.17, 15) is 4.39 Å². The molecule has 0 aliphatic heterocycles. The first-order chi connectivity index (χ1) is 4.58. The van der Waals surface area contributed by atoms with Crippen molar-refractivity contribution in [3.05, 3.63) is 12.2 Å². The summed E-state index contributed by atoms with van der Waals surface area (Å²) in [7, 11) is 0. The van der Waals surface area contributed by atoms with Crippen LogP contribution in [0.5, 0.6) is 0 Å². The van der Waals surface area contributed by atoms with Crippen LogP contribution in [0.3, 0.4) is 0 Å². The lowest BCUT2D eigenvalue weighted by Gasteiger charge is -2.18. The smallest absolute Gasteiger partial charge is 0.215 e. The Hall–Kier alpha value is -0.410. The second-order valence-electron chi connectivity index (χ2n) is 2.71. The molecule has 58 valence electrons. The van der Waals surface area contributed by atoms with E-state index in [2.05, 4.69) is 6.58 Å². The Kier molecular flexibility index (Phi) is 1.79. The summed E-state index contributed by atoms with van der Waals surface area (Å²) in [5.74, 6) is -2.99. The van der Waals surface area contributed by atoms with Gasteiger partial charge in [-0.25, -0.2) is 4.39 Å². The Morgan fingerprint density at radius 2 is 2.40 bits per heavy atom. The highest BCUT2D eigenvalue weighted by Gasteiger charge is 2.43. The van der Waals surface area contributed by atoms with Crippen molar-refractivity contribution >= 4 is 0 Å². The molecule has 1 fully saturated rings. The highest BCUT2D eigenvalue weighted by atomic mass is 19.2. The summed E-state index contributed by atoms with van der Waals surface area (Å²) >= 11 is 0. The summed E-state index contributed by atoms with van der Waals surface area (Å²) in [6.07, 6.45) is 0.537. The number of hydrogen-bond donors (Lipinski definition) is 2. The molecule has 10 heavy (non-hydrogen) atoms. The summed E-state index contributed by atoms with van der Waals surface area (Å²) in [4.78, 5) is 0. The van der Waals surface area contributed by atoms with Gasteiger partial charge >= 0.3 is 0 Å². The van der Waals surface area contributed by atoms with Crippen LogP contribution < -0.4 is 0 Å². The molecule has 0 spiro atoms. The van der Waals surface area contributed by atoms with Crippen molar-refractivity contribution < 1.29 is 14.6 Å². The van der Waals surface area contributed by atoms with Gasteiger partial charge in [0.15, 0.2) is 0 Å². The second kappa shape index (κ2) is 2.32. The van der Waals surface area contributed by atoms with Crippen LogP contribution >= 0.6 is 0 Å². The molecule has 0 aromatic carbocycles. The molecule has 1 aliphatic rings. The van der Waals surface area contributed by atoms with E-state index in [1.807, 2.05) is 0 Å². The third-order valence-electron chi connectivity index (χ3n) is 2.01. The van der Waals surface area contributed by atoms with Crippen molar-refractivity contribution in [3.63, 3.8) is 0 Å². The summed E-state index contributed by atoms with van der Waals surface area (Å²) in [5, 5.41) is 17.5. The van der Waals surface area contributed by atoms with Crippen molar-refractivity contribution in [1.29, 1.82) is 0 Å². The van der Waals surface area contributed by atoms with Crippen LogP contribution in [0.15, 0.2) is 12.2 Å². The molecule has 0 amide bonds. The van der Waals surface area contributed by atoms with E-state index in [1.165, 1.54) is 0 Å². The first-order valence-corrected chi connectivity index (χ1v) is 3.28. The second-order valence-corrected chi connectivity index (χ2v) is 2.71. The normalized spacial score (nSPS) is 40.7. The molecule has 1 aliphatic carbocycles. The van der Waals surface area contributed by atoms with Crippen LogP contribution in [0.2, 0.25) is 0 Å². The molecule has 2 N–H and O–H groups in total. The average molecular weight is 146 g/mol. The van der Waals surface area contributed by atoms with Gasteiger partial charge in [-0.3, -0.25) is 0 Å². The van der Waals surface area contributed by atoms with Gasteiger partial charge in [-0.1, -0.05) is 12.2 Å². The minimum Gasteiger partial charge on any atom is -0.396 e. The van der Waals surface area contributed by atoms with Crippen molar-refractivity contribution in [2.45, 2.75) is 18.7 Å². The molecule has 1 saturated carbocycles. The van der Waals surface area contributed by atoms with Crippen molar-refractivity contribution in [3.8, 4) is 0 Å². The maximum Gasteiger partial charge on any atom is 0.215 e. The monoisotopic (exact) mass is 146 g/mol. The Bertz CT molecular complexity index is 154. The quantitative estimate of drug-likeness (QED) is 0.532. The van der Waals surface area contributed by atoms with Gasteiger partial charge in [0.25, 0.3) is 0 Å². The molecule has 0 saturated heterocycles. The van der Waals surface area contributed by atoms with E-state index >= 15 is 0 Å². The molecule has 0 heterocycles. The van der Waals surface area contributed by atoms with E-state index in [4.69, 9.17) is 10.2 Å². The summed E-state index contributed by atoms with van der Waals surface area (Å²) in [6, 6.07) is 0. The van der Waals surface area contributed by atoms with E-state index in [1.54, 1.807) is 0 Å². The van der Waals surface area contributed by atoms with Crippen LogP contribution in [0.4, 0.5) is 4.39 Å². The number of halogens is 1. The van der Waals surface area contributed by atoms with E-state index in [0.717, 1.165) is 0 Å². The first kappa shape index (κ1) is 7.69. The zero-order valence-corrected chi connectivity index (χ0v) is 5.68. The zero-order chi connectivity index (χ0) is 7.78. The van der Waals surface area contributed by atoms with E-state index in [-0.39, 0.29) is 13.0 Å². The first-order valence-electron chi connectivity index (χ1n) is 3.28. The standard InChI is InChI=1S/C7H11FO2/c1-5-2-3-7(8,10)6(5)4-9/h6,9-10H,1-4H2. The van der Waals surface area contributed by atoms with Crippen LogP contribution in [0, 0.1) is 5.92 Å². The van der Waals surface area contributed by atoms with E-state index in [0.29, 0.717) is 12.0 Å². The number of alkyl halides is 1. The molecule has 2 atom stereocenters. The lowest BCUT2D eigenvalue weighted by Crippen LogP contribution is -2.30. The Morgan fingerprint density at radius 3 is 2.60 bits per heavy atom. The third kappa shape index (κ3) is 1.07. The third-order valence-corrected chi connectivity index (χ3v) is 2.01. The summed E-state index contributed by atoms with van der Waals surface area (Å²) in [5.41, 5.74) is 0.604.